The fourth-order valence-corrected chi connectivity index (χ4v) is 2.94. The van der Waals surface area contributed by atoms with Crippen LogP contribution in [0, 0.1) is 10.1 Å². The van der Waals surface area contributed by atoms with Crippen molar-refractivity contribution < 1.29 is 4.92 Å². The van der Waals surface area contributed by atoms with E-state index in [1.165, 1.54) is 4.40 Å². The maximum absolute atomic E-state index is 11.3. The smallest absolute Gasteiger partial charge is 0.362 e. The van der Waals surface area contributed by atoms with Crippen LogP contribution in [0.1, 0.15) is 6.92 Å². The first-order valence-corrected chi connectivity index (χ1v) is 7.99. The van der Waals surface area contributed by atoms with Crippen molar-refractivity contribution in [2.24, 2.45) is 0 Å². The van der Waals surface area contributed by atoms with E-state index in [0.717, 1.165) is 39.3 Å². The van der Waals surface area contributed by atoms with Gasteiger partial charge in [0.05, 0.1) is 6.20 Å². The molecule has 0 radical (unpaired) electrons. The van der Waals surface area contributed by atoms with Gasteiger partial charge in [0, 0.05) is 45.3 Å². The van der Waals surface area contributed by atoms with E-state index in [0.29, 0.717) is 18.0 Å². The molecule has 3 rings (SSSR count). The van der Waals surface area contributed by atoms with Gasteiger partial charge < -0.3 is 20.3 Å². The summed E-state index contributed by atoms with van der Waals surface area (Å²) >= 11 is 0. The van der Waals surface area contributed by atoms with Crippen LogP contribution in [0.25, 0.3) is 5.65 Å². The zero-order valence-corrected chi connectivity index (χ0v) is 13.3. The molecule has 0 spiro atoms. The lowest BCUT2D eigenvalue weighted by atomic mass is 10.3. The molecule has 0 saturated carbocycles. The van der Waals surface area contributed by atoms with Gasteiger partial charge in [-0.25, -0.2) is 0 Å². The van der Waals surface area contributed by atoms with Crippen molar-refractivity contribution >= 4 is 17.3 Å². The molecule has 2 aromatic heterocycles. The second-order valence-corrected chi connectivity index (χ2v) is 5.67. The number of nitrogens with one attached hydrogen (secondary N) is 1. The molecule has 3 heterocycles. The molecule has 0 amide bonds. The predicted molar refractivity (Wildman–Crippen MR) is 88.9 cm³/mol. The zero-order chi connectivity index (χ0) is 16.2. The van der Waals surface area contributed by atoms with Crippen LogP contribution in [-0.4, -0.2) is 69.9 Å². The molecule has 2 aromatic rings. The minimum Gasteiger partial charge on any atom is -0.362 e. The Hall–Kier alpha value is -2.19. The van der Waals surface area contributed by atoms with E-state index < -0.39 is 0 Å². The number of piperazine rings is 1. The zero-order valence-electron chi connectivity index (χ0n) is 13.3. The molecule has 1 N–H and O–H groups in total. The maximum Gasteiger partial charge on any atom is 0.372 e. The Kier molecular flexibility index (Phi) is 4.73. The molecule has 0 unspecified atom stereocenters. The SMILES string of the molecule is CCN1CCN(CCNc2nc3ccccn3c2[N+](=O)[O-])CC1. The second-order valence-electron chi connectivity index (χ2n) is 5.67. The van der Waals surface area contributed by atoms with Gasteiger partial charge in [-0.05, 0) is 17.5 Å². The number of pyridine rings is 1. The maximum atomic E-state index is 11.3. The van der Waals surface area contributed by atoms with E-state index in [1.807, 2.05) is 6.07 Å². The molecule has 8 nitrogen and oxygen atoms in total. The number of aromatic nitrogens is 2. The van der Waals surface area contributed by atoms with Gasteiger partial charge >= 0.3 is 5.82 Å². The van der Waals surface area contributed by atoms with Gasteiger partial charge in [-0.3, -0.25) is 4.90 Å². The Morgan fingerprint density at radius 1 is 1.26 bits per heavy atom. The molecule has 0 aliphatic carbocycles. The van der Waals surface area contributed by atoms with E-state index in [4.69, 9.17) is 0 Å². The average molecular weight is 318 g/mol. The number of nitro groups is 1. The first kappa shape index (κ1) is 15.7. The Morgan fingerprint density at radius 2 is 2.00 bits per heavy atom. The summed E-state index contributed by atoms with van der Waals surface area (Å²) in [7, 11) is 0. The first-order chi connectivity index (χ1) is 11.2. The number of hydrogen-bond donors (Lipinski definition) is 1. The fraction of sp³-hybridized carbons (Fsp3) is 0.533. The lowest BCUT2D eigenvalue weighted by Gasteiger charge is -2.33. The van der Waals surface area contributed by atoms with Crippen LogP contribution < -0.4 is 5.32 Å². The van der Waals surface area contributed by atoms with Gasteiger partial charge in [0.1, 0.15) is 0 Å². The molecule has 23 heavy (non-hydrogen) atoms. The Morgan fingerprint density at radius 3 is 2.70 bits per heavy atom. The first-order valence-electron chi connectivity index (χ1n) is 7.99. The van der Waals surface area contributed by atoms with Gasteiger partial charge in [-0.2, -0.15) is 9.38 Å². The van der Waals surface area contributed by atoms with Gasteiger partial charge in [0.15, 0.2) is 0 Å². The third-order valence-corrected chi connectivity index (χ3v) is 4.31. The molecule has 1 saturated heterocycles. The molecule has 0 aromatic carbocycles. The van der Waals surface area contributed by atoms with Crippen molar-refractivity contribution in [3.05, 3.63) is 34.5 Å². The molecular weight excluding hydrogens is 296 g/mol. The van der Waals surface area contributed by atoms with Crippen LogP contribution >= 0.6 is 0 Å². The highest BCUT2D eigenvalue weighted by atomic mass is 16.6. The van der Waals surface area contributed by atoms with Crippen LogP contribution in [-0.2, 0) is 0 Å². The molecule has 1 fully saturated rings. The molecular formula is C15H22N6O2. The molecule has 1 aliphatic rings. The predicted octanol–water partition coefficient (Wildman–Crippen LogP) is 1.29. The van der Waals surface area contributed by atoms with Crippen molar-refractivity contribution in [1.29, 1.82) is 0 Å². The Labute approximate surface area is 134 Å². The Balaban J connectivity index is 1.61. The molecule has 1 aliphatic heterocycles. The molecule has 0 atom stereocenters. The number of rotatable bonds is 6. The highest BCUT2D eigenvalue weighted by Crippen LogP contribution is 2.24. The number of likely N-dealkylation sites (N-methyl/N-ethyl adjacent to an activating group) is 1. The average Bonchev–Trinajstić information content (AvgIpc) is 2.94. The van der Waals surface area contributed by atoms with Crippen molar-refractivity contribution in [2.75, 3.05) is 51.1 Å². The summed E-state index contributed by atoms with van der Waals surface area (Å²) in [5.74, 6) is 0.338. The summed E-state index contributed by atoms with van der Waals surface area (Å²) in [5, 5.41) is 14.4. The summed E-state index contributed by atoms with van der Waals surface area (Å²) in [4.78, 5) is 20.1. The number of imidazole rings is 1. The lowest BCUT2D eigenvalue weighted by molar-refractivity contribution is -0.389. The van der Waals surface area contributed by atoms with E-state index in [-0.39, 0.29) is 10.7 Å². The van der Waals surface area contributed by atoms with Crippen molar-refractivity contribution in [3.63, 3.8) is 0 Å². The summed E-state index contributed by atoms with van der Waals surface area (Å²) in [6.07, 6.45) is 1.66. The van der Waals surface area contributed by atoms with Crippen molar-refractivity contribution in [1.82, 2.24) is 19.2 Å². The number of fused-ring (bicyclic) bond motifs is 1. The molecule has 0 bridgehead atoms. The number of nitrogens with zero attached hydrogens (tertiary/aromatic N) is 5. The van der Waals surface area contributed by atoms with Crippen molar-refractivity contribution in [2.45, 2.75) is 6.92 Å². The standard InChI is InChI=1S/C15H22N6O2/c1-2-18-9-11-19(12-10-18)8-6-16-14-15(21(22)23)20-7-4-3-5-13(20)17-14/h3-5,7,16H,2,6,8-12H2,1H3. The summed E-state index contributed by atoms with van der Waals surface area (Å²) in [5.41, 5.74) is 0.582. The molecule has 124 valence electrons. The molecule has 8 heteroatoms. The summed E-state index contributed by atoms with van der Waals surface area (Å²) in [6, 6.07) is 5.35. The van der Waals surface area contributed by atoms with Gasteiger partial charge in [-0.15, -0.1) is 0 Å². The van der Waals surface area contributed by atoms with Gasteiger partial charge in [0.2, 0.25) is 11.5 Å². The van der Waals surface area contributed by atoms with Gasteiger partial charge in [-0.1, -0.05) is 13.0 Å². The topological polar surface area (TPSA) is 79.0 Å². The summed E-state index contributed by atoms with van der Waals surface area (Å²) in [6.45, 7) is 9.06. The van der Waals surface area contributed by atoms with E-state index in [2.05, 4.69) is 27.0 Å². The second kappa shape index (κ2) is 6.93. The van der Waals surface area contributed by atoms with E-state index in [1.54, 1.807) is 18.3 Å². The number of hydrogen-bond acceptors (Lipinski definition) is 6. The highest BCUT2D eigenvalue weighted by molar-refractivity contribution is 5.62. The normalized spacial score (nSPS) is 16.7. The fourth-order valence-electron chi connectivity index (χ4n) is 2.94. The monoisotopic (exact) mass is 318 g/mol. The van der Waals surface area contributed by atoms with Crippen LogP contribution in [0.5, 0.6) is 0 Å². The number of anilines is 1. The van der Waals surface area contributed by atoms with Crippen LogP contribution in [0.2, 0.25) is 0 Å². The van der Waals surface area contributed by atoms with E-state index >= 15 is 0 Å². The largest absolute Gasteiger partial charge is 0.372 e. The third kappa shape index (κ3) is 3.43. The summed E-state index contributed by atoms with van der Waals surface area (Å²) < 4.78 is 1.50. The van der Waals surface area contributed by atoms with Crippen LogP contribution in [0.15, 0.2) is 24.4 Å². The minimum absolute atomic E-state index is 0.00333. The third-order valence-electron chi connectivity index (χ3n) is 4.31. The van der Waals surface area contributed by atoms with E-state index in [9.17, 15) is 10.1 Å². The highest BCUT2D eigenvalue weighted by Gasteiger charge is 2.22. The van der Waals surface area contributed by atoms with Crippen LogP contribution in [0.3, 0.4) is 0 Å². The Bertz CT molecular complexity index is 678. The quantitative estimate of drug-likeness (QED) is 0.639. The minimum atomic E-state index is -0.387. The van der Waals surface area contributed by atoms with Crippen LogP contribution in [0.4, 0.5) is 11.6 Å². The van der Waals surface area contributed by atoms with Gasteiger partial charge in [0.25, 0.3) is 0 Å². The van der Waals surface area contributed by atoms with Crippen molar-refractivity contribution in [3.8, 4) is 0 Å². The lowest BCUT2D eigenvalue weighted by Crippen LogP contribution is -2.47.